The van der Waals surface area contributed by atoms with Gasteiger partial charge in [-0.05, 0) is 57.8 Å². The van der Waals surface area contributed by atoms with Gasteiger partial charge in [-0.1, -0.05) is 31.9 Å². The number of H-pyrrole nitrogens is 1. The van der Waals surface area contributed by atoms with Crippen molar-refractivity contribution in [2.75, 3.05) is 39.1 Å². The minimum absolute atomic E-state index is 0.179. The van der Waals surface area contributed by atoms with Crippen molar-refractivity contribution in [2.24, 2.45) is 0 Å². The van der Waals surface area contributed by atoms with Gasteiger partial charge in [0.05, 0.1) is 18.7 Å². The van der Waals surface area contributed by atoms with Crippen LogP contribution in [0, 0.1) is 0 Å². The smallest absolute Gasteiger partial charge is 0.150 e. The summed E-state index contributed by atoms with van der Waals surface area (Å²) in [6.45, 7) is 6.93. The molecule has 0 aliphatic rings. The fraction of sp³-hybridized carbons (Fsp3) is 0.577. The van der Waals surface area contributed by atoms with Gasteiger partial charge >= 0.3 is 0 Å². The van der Waals surface area contributed by atoms with E-state index in [2.05, 4.69) is 41.0 Å². The first-order valence-electron chi connectivity index (χ1n) is 12.3. The summed E-state index contributed by atoms with van der Waals surface area (Å²) in [5.41, 5.74) is 10.3. The third-order valence-electron chi connectivity index (χ3n) is 6.08. The third kappa shape index (κ3) is 7.24. The van der Waals surface area contributed by atoms with Gasteiger partial charge in [-0.15, -0.1) is 0 Å². The monoisotopic (exact) mass is 453 g/mol. The number of nitrogen functional groups attached to an aromatic ring is 1. The molecule has 0 saturated carbocycles. The van der Waals surface area contributed by atoms with E-state index < -0.39 is 0 Å². The topological polar surface area (TPSA) is 97.1 Å². The Kier molecular flexibility index (Phi) is 9.63. The maximum atomic E-state index is 10.9. The summed E-state index contributed by atoms with van der Waals surface area (Å²) in [6, 6.07) is 6.30. The molecule has 1 aromatic carbocycles. The van der Waals surface area contributed by atoms with Gasteiger partial charge in [0, 0.05) is 24.8 Å². The lowest BCUT2D eigenvalue weighted by molar-refractivity contribution is -0.118. The van der Waals surface area contributed by atoms with E-state index >= 15 is 0 Å². The van der Waals surface area contributed by atoms with Gasteiger partial charge in [-0.25, -0.2) is 9.97 Å². The zero-order valence-electron chi connectivity index (χ0n) is 20.5. The Labute approximate surface area is 197 Å². The molecule has 0 amide bonds. The molecule has 3 aromatic rings. The van der Waals surface area contributed by atoms with Crippen LogP contribution in [0.3, 0.4) is 0 Å². The van der Waals surface area contributed by atoms with Gasteiger partial charge in [0.15, 0.2) is 0 Å². The maximum absolute atomic E-state index is 10.9. The van der Waals surface area contributed by atoms with Crippen LogP contribution in [0.15, 0.2) is 18.2 Å². The Morgan fingerprint density at radius 2 is 1.94 bits per heavy atom. The first-order chi connectivity index (χ1) is 16.0. The Hall–Kier alpha value is -2.51. The number of ether oxygens (including phenoxy) is 1. The molecule has 0 radical (unpaired) electrons. The fourth-order valence-corrected chi connectivity index (χ4v) is 4.12. The number of carbonyl (C=O) groups excluding carboxylic acids is 1. The van der Waals surface area contributed by atoms with Crippen molar-refractivity contribution in [3.63, 3.8) is 0 Å². The number of imidazole rings is 1. The molecule has 0 unspecified atom stereocenters. The van der Waals surface area contributed by atoms with Crippen LogP contribution in [0.25, 0.3) is 21.9 Å². The maximum Gasteiger partial charge on any atom is 0.150 e. The second-order valence-electron chi connectivity index (χ2n) is 9.00. The number of pyridine rings is 1. The minimum Gasteiger partial charge on any atom is -0.382 e. The van der Waals surface area contributed by atoms with Gasteiger partial charge in [-0.2, -0.15) is 0 Å². The van der Waals surface area contributed by atoms with Crippen molar-refractivity contribution in [3.8, 4) is 0 Å². The second kappa shape index (κ2) is 12.7. The summed E-state index contributed by atoms with van der Waals surface area (Å²) in [5, 5.41) is 1.14. The molecule has 0 fully saturated rings. The van der Waals surface area contributed by atoms with Crippen LogP contribution in [0.5, 0.6) is 0 Å². The third-order valence-corrected chi connectivity index (χ3v) is 6.08. The summed E-state index contributed by atoms with van der Waals surface area (Å²) in [6.07, 6.45) is 8.14. The number of Topliss-reactive ketones (excluding diaryl/α,β-unsaturated/α-hetero) is 1. The highest BCUT2D eigenvalue weighted by atomic mass is 16.5. The largest absolute Gasteiger partial charge is 0.382 e. The SMILES string of the molecule is CCCCc1nc2c([nH]1)c(N)nc1cccc(CCCCCN(C)CCOCCC(C)=O)c12. The van der Waals surface area contributed by atoms with Gasteiger partial charge in [-0.3, -0.25) is 4.79 Å². The van der Waals surface area contributed by atoms with Gasteiger partial charge < -0.3 is 20.4 Å². The zero-order valence-corrected chi connectivity index (χ0v) is 20.5. The highest BCUT2D eigenvalue weighted by molar-refractivity contribution is 6.07. The van der Waals surface area contributed by atoms with Crippen LogP contribution in [-0.2, 0) is 22.4 Å². The number of unbranched alkanes of at least 4 members (excludes halogenated alkanes) is 3. The molecular weight excluding hydrogens is 414 g/mol. The van der Waals surface area contributed by atoms with Crippen LogP contribution < -0.4 is 5.73 Å². The number of aromatic nitrogens is 3. The summed E-state index contributed by atoms with van der Waals surface area (Å²) < 4.78 is 5.52. The minimum atomic E-state index is 0.179. The number of hydrogen-bond acceptors (Lipinski definition) is 6. The number of ketones is 1. The molecule has 0 atom stereocenters. The number of anilines is 1. The molecule has 0 bridgehead atoms. The van der Waals surface area contributed by atoms with Crippen molar-refractivity contribution in [1.29, 1.82) is 0 Å². The van der Waals surface area contributed by atoms with E-state index in [9.17, 15) is 4.79 Å². The predicted molar refractivity (Wildman–Crippen MR) is 136 cm³/mol. The number of hydrogen-bond donors (Lipinski definition) is 2. The van der Waals surface area contributed by atoms with Crippen molar-refractivity contribution in [1.82, 2.24) is 19.9 Å². The molecular formula is C26H39N5O2. The number of benzene rings is 1. The number of nitrogens with one attached hydrogen (secondary N) is 1. The quantitative estimate of drug-likeness (QED) is 0.324. The normalized spacial score (nSPS) is 11.8. The number of rotatable bonds is 15. The summed E-state index contributed by atoms with van der Waals surface area (Å²) >= 11 is 0. The molecule has 0 aliphatic carbocycles. The second-order valence-corrected chi connectivity index (χ2v) is 9.00. The lowest BCUT2D eigenvalue weighted by Gasteiger charge is -2.16. The first kappa shape index (κ1) is 25.1. The molecule has 0 saturated heterocycles. The lowest BCUT2D eigenvalue weighted by atomic mass is 10.0. The number of aromatic amines is 1. The Morgan fingerprint density at radius 1 is 1.09 bits per heavy atom. The molecule has 7 heteroatoms. The first-order valence-corrected chi connectivity index (χ1v) is 12.3. The van der Waals surface area contributed by atoms with Crippen molar-refractivity contribution >= 4 is 33.5 Å². The average Bonchev–Trinajstić information content (AvgIpc) is 3.22. The van der Waals surface area contributed by atoms with Crippen molar-refractivity contribution in [2.45, 2.75) is 65.2 Å². The van der Waals surface area contributed by atoms with E-state index in [-0.39, 0.29) is 5.78 Å². The highest BCUT2D eigenvalue weighted by Gasteiger charge is 2.14. The van der Waals surface area contributed by atoms with E-state index in [1.54, 1.807) is 6.92 Å². The molecule has 180 valence electrons. The Bertz CT molecular complexity index is 1050. The predicted octanol–water partition coefficient (Wildman–Crippen LogP) is 4.68. The number of nitrogens with zero attached hydrogens (tertiary/aromatic N) is 3. The summed E-state index contributed by atoms with van der Waals surface area (Å²) in [5.74, 6) is 1.70. The van der Waals surface area contributed by atoms with Crippen molar-refractivity contribution < 1.29 is 9.53 Å². The van der Waals surface area contributed by atoms with E-state index in [0.29, 0.717) is 25.5 Å². The van der Waals surface area contributed by atoms with Crippen LogP contribution in [-0.4, -0.2) is 59.0 Å². The number of nitrogens with two attached hydrogens (primary N) is 1. The molecule has 0 aliphatic heterocycles. The zero-order chi connectivity index (χ0) is 23.6. The Morgan fingerprint density at radius 3 is 2.73 bits per heavy atom. The van der Waals surface area contributed by atoms with Gasteiger partial charge in [0.25, 0.3) is 0 Å². The fourth-order valence-electron chi connectivity index (χ4n) is 4.12. The van der Waals surface area contributed by atoms with Crippen LogP contribution in [0.2, 0.25) is 0 Å². The van der Waals surface area contributed by atoms with Gasteiger partial charge in [0.2, 0.25) is 0 Å². The number of aryl methyl sites for hydroxylation is 2. The van der Waals surface area contributed by atoms with Crippen molar-refractivity contribution in [3.05, 3.63) is 29.6 Å². The van der Waals surface area contributed by atoms with Crippen LogP contribution in [0.4, 0.5) is 5.82 Å². The molecule has 7 nitrogen and oxygen atoms in total. The number of carbonyl (C=O) groups is 1. The van der Waals surface area contributed by atoms with Gasteiger partial charge in [0.1, 0.15) is 28.5 Å². The summed E-state index contributed by atoms with van der Waals surface area (Å²) in [4.78, 5) is 26.2. The highest BCUT2D eigenvalue weighted by Crippen LogP contribution is 2.30. The summed E-state index contributed by atoms with van der Waals surface area (Å²) in [7, 11) is 2.12. The lowest BCUT2D eigenvalue weighted by Crippen LogP contribution is -2.24. The van der Waals surface area contributed by atoms with E-state index in [1.165, 1.54) is 12.0 Å². The average molecular weight is 454 g/mol. The molecule has 3 rings (SSSR count). The molecule has 0 spiro atoms. The standard InChI is InChI=1S/C26H39N5O2/c1-4-5-13-22-29-24-23-20(11-9-12-21(23)28-26(27)25(24)30-22)10-7-6-8-15-31(3)16-18-33-17-14-19(2)32/h9,11-12H,4-8,10,13-18H2,1-3H3,(H2,27,28)(H,29,30). The van der Waals surface area contributed by atoms with E-state index in [1.807, 2.05) is 6.07 Å². The van der Waals surface area contributed by atoms with Crippen LogP contribution in [0.1, 0.15) is 63.8 Å². The number of fused-ring (bicyclic) bond motifs is 3. The molecule has 33 heavy (non-hydrogen) atoms. The number of likely N-dealkylation sites (N-methyl/N-ethyl adjacent to an activating group) is 1. The molecule has 2 heterocycles. The molecule has 3 N–H and O–H groups in total. The van der Waals surface area contributed by atoms with E-state index in [0.717, 1.165) is 79.4 Å². The van der Waals surface area contributed by atoms with Crippen LogP contribution >= 0.6 is 0 Å². The molecule has 2 aromatic heterocycles. The Balaban J connectivity index is 1.53. The van der Waals surface area contributed by atoms with E-state index in [4.69, 9.17) is 15.5 Å².